The van der Waals surface area contributed by atoms with Crippen molar-refractivity contribution >= 4 is 49.9 Å². The van der Waals surface area contributed by atoms with Gasteiger partial charge in [0.15, 0.2) is 0 Å². The highest BCUT2D eigenvalue weighted by atomic mass is 35.5. The average molecular weight is 402 g/mol. The molecule has 3 rings (SSSR count). The van der Waals surface area contributed by atoms with Crippen molar-refractivity contribution in [1.82, 2.24) is 8.96 Å². The predicted octanol–water partition coefficient (Wildman–Crippen LogP) is 3.50. The highest BCUT2D eigenvalue weighted by Gasteiger charge is 2.25. The third kappa shape index (κ3) is 2.90. The molecular weight excluding hydrogens is 393 g/mol. The minimum Gasteiger partial charge on any atom is -0.495 e. The summed E-state index contributed by atoms with van der Waals surface area (Å²) in [7, 11) is -2.74. The lowest BCUT2D eigenvalue weighted by molar-refractivity contribution is -0.384. The maximum Gasteiger partial charge on any atom is 0.271 e. The molecular formula is C14H9Cl2N3O5S. The van der Waals surface area contributed by atoms with Gasteiger partial charge < -0.3 is 4.74 Å². The summed E-state index contributed by atoms with van der Waals surface area (Å²) in [5.41, 5.74) is 0.141. The molecule has 0 saturated carbocycles. The molecule has 1 aromatic heterocycles. The summed E-state index contributed by atoms with van der Waals surface area (Å²) >= 11 is 12.1. The van der Waals surface area contributed by atoms with E-state index in [1.165, 1.54) is 37.4 Å². The van der Waals surface area contributed by atoms with Gasteiger partial charge in [-0.25, -0.2) is 17.4 Å². The lowest BCUT2D eigenvalue weighted by Crippen LogP contribution is -2.12. The molecule has 0 unspecified atom stereocenters. The minimum absolute atomic E-state index is 0.0746. The van der Waals surface area contributed by atoms with Crippen LogP contribution >= 0.6 is 23.2 Å². The third-order valence-electron chi connectivity index (χ3n) is 3.45. The summed E-state index contributed by atoms with van der Waals surface area (Å²) in [6.45, 7) is 0. The number of non-ortho nitro benzene ring substituents is 1. The standard InChI is InChI=1S/C14H9Cl2N3O5S/c1-24-13-5-10(16)14(6-9(13)15)25(22,23)18-7-17-11-4-8(19(20)21)2-3-12(11)18/h2-7H,1H3. The number of imidazole rings is 1. The van der Waals surface area contributed by atoms with Crippen LogP contribution in [-0.2, 0) is 10.0 Å². The fourth-order valence-corrected chi connectivity index (χ4v) is 4.37. The Bertz CT molecular complexity index is 1110. The van der Waals surface area contributed by atoms with Crippen LogP contribution in [0.25, 0.3) is 11.0 Å². The summed E-state index contributed by atoms with van der Waals surface area (Å²) in [6.07, 6.45) is 1.05. The van der Waals surface area contributed by atoms with Gasteiger partial charge in [-0.1, -0.05) is 23.2 Å². The summed E-state index contributed by atoms with van der Waals surface area (Å²) in [5.74, 6) is 0.233. The average Bonchev–Trinajstić information content (AvgIpc) is 3.00. The molecule has 0 aliphatic rings. The quantitative estimate of drug-likeness (QED) is 0.489. The van der Waals surface area contributed by atoms with Crippen LogP contribution in [0, 0.1) is 10.1 Å². The van der Waals surface area contributed by atoms with Crippen molar-refractivity contribution in [2.45, 2.75) is 4.90 Å². The van der Waals surface area contributed by atoms with Crippen LogP contribution in [0.4, 0.5) is 5.69 Å². The predicted molar refractivity (Wildman–Crippen MR) is 92.0 cm³/mol. The van der Waals surface area contributed by atoms with Gasteiger partial charge >= 0.3 is 0 Å². The zero-order valence-electron chi connectivity index (χ0n) is 12.5. The Morgan fingerprint density at radius 3 is 2.56 bits per heavy atom. The number of rotatable bonds is 4. The van der Waals surface area contributed by atoms with Crippen LogP contribution in [0.3, 0.4) is 0 Å². The second-order valence-corrected chi connectivity index (χ2v) is 7.49. The number of ether oxygens (including phenoxy) is 1. The summed E-state index contributed by atoms with van der Waals surface area (Å²) in [6, 6.07) is 6.15. The van der Waals surface area contributed by atoms with E-state index in [9.17, 15) is 18.5 Å². The zero-order chi connectivity index (χ0) is 18.4. The molecule has 2 aromatic carbocycles. The highest BCUT2D eigenvalue weighted by Crippen LogP contribution is 2.35. The first-order valence-corrected chi connectivity index (χ1v) is 8.85. The van der Waals surface area contributed by atoms with Gasteiger partial charge in [-0.05, 0) is 12.1 Å². The maximum absolute atomic E-state index is 12.9. The van der Waals surface area contributed by atoms with Gasteiger partial charge in [0.1, 0.15) is 17.0 Å². The molecule has 0 bridgehead atoms. The Morgan fingerprint density at radius 1 is 1.20 bits per heavy atom. The summed E-state index contributed by atoms with van der Waals surface area (Å²) < 4.78 is 31.7. The van der Waals surface area contributed by atoms with Gasteiger partial charge in [-0.2, -0.15) is 0 Å². The van der Waals surface area contributed by atoms with Crippen molar-refractivity contribution in [1.29, 1.82) is 0 Å². The van der Waals surface area contributed by atoms with Crippen molar-refractivity contribution in [3.8, 4) is 5.75 Å². The van der Waals surface area contributed by atoms with E-state index >= 15 is 0 Å². The lowest BCUT2D eigenvalue weighted by Gasteiger charge is -2.11. The van der Waals surface area contributed by atoms with Gasteiger partial charge in [0.25, 0.3) is 15.7 Å². The molecule has 1 heterocycles. The minimum atomic E-state index is -4.12. The molecule has 0 spiro atoms. The fraction of sp³-hybridized carbons (Fsp3) is 0.0714. The Morgan fingerprint density at radius 2 is 1.92 bits per heavy atom. The molecule has 8 nitrogen and oxygen atoms in total. The number of fused-ring (bicyclic) bond motifs is 1. The number of hydrogen-bond donors (Lipinski definition) is 0. The van der Waals surface area contributed by atoms with Gasteiger partial charge in [0.2, 0.25) is 0 Å². The number of halogens is 2. The maximum atomic E-state index is 12.9. The van der Waals surface area contributed by atoms with Crippen LogP contribution in [0.5, 0.6) is 5.75 Å². The van der Waals surface area contributed by atoms with Gasteiger partial charge in [0, 0.05) is 18.2 Å². The van der Waals surface area contributed by atoms with Gasteiger partial charge in [-0.15, -0.1) is 0 Å². The van der Waals surface area contributed by atoms with Crippen molar-refractivity contribution in [3.05, 3.63) is 56.8 Å². The van der Waals surface area contributed by atoms with E-state index < -0.39 is 14.9 Å². The number of hydrogen-bond acceptors (Lipinski definition) is 6. The fourth-order valence-electron chi connectivity index (χ4n) is 2.25. The number of nitro benzene ring substituents is 1. The first kappa shape index (κ1) is 17.5. The molecule has 25 heavy (non-hydrogen) atoms. The Labute approximate surface area is 151 Å². The molecule has 0 saturated heterocycles. The molecule has 0 N–H and O–H groups in total. The molecule has 130 valence electrons. The number of nitro groups is 1. The molecule has 0 aliphatic carbocycles. The molecule has 3 aromatic rings. The third-order valence-corrected chi connectivity index (χ3v) is 5.87. The Hall–Kier alpha value is -2.36. The van der Waals surface area contributed by atoms with Crippen LogP contribution in [0.2, 0.25) is 10.0 Å². The Kier molecular flexibility index (Phi) is 4.31. The number of methoxy groups -OCH3 is 1. The smallest absolute Gasteiger partial charge is 0.271 e. The molecule has 0 aliphatic heterocycles. The second-order valence-electron chi connectivity index (χ2n) is 4.89. The Balaban J connectivity index is 2.20. The van der Waals surface area contributed by atoms with E-state index in [0.29, 0.717) is 0 Å². The zero-order valence-corrected chi connectivity index (χ0v) is 14.8. The largest absolute Gasteiger partial charge is 0.495 e. The van der Waals surface area contributed by atoms with E-state index in [2.05, 4.69) is 4.98 Å². The van der Waals surface area contributed by atoms with Crippen LogP contribution in [0.15, 0.2) is 41.6 Å². The topological polar surface area (TPSA) is 104 Å². The molecule has 0 amide bonds. The monoisotopic (exact) mass is 401 g/mol. The number of nitrogens with zero attached hydrogens (tertiary/aromatic N) is 3. The molecule has 0 atom stereocenters. The first-order valence-electron chi connectivity index (χ1n) is 6.66. The molecule has 0 radical (unpaired) electrons. The van der Waals surface area contributed by atoms with E-state index in [4.69, 9.17) is 27.9 Å². The molecule has 0 fully saturated rings. The van der Waals surface area contributed by atoms with Crippen molar-refractivity contribution in [2.75, 3.05) is 7.11 Å². The van der Waals surface area contributed by atoms with Crippen molar-refractivity contribution in [2.24, 2.45) is 0 Å². The van der Waals surface area contributed by atoms with E-state index in [-0.39, 0.29) is 37.4 Å². The van der Waals surface area contributed by atoms with Crippen molar-refractivity contribution in [3.63, 3.8) is 0 Å². The van der Waals surface area contributed by atoms with E-state index in [1.54, 1.807) is 0 Å². The number of benzene rings is 2. The van der Waals surface area contributed by atoms with E-state index in [1.807, 2.05) is 0 Å². The van der Waals surface area contributed by atoms with Gasteiger partial charge in [-0.3, -0.25) is 10.1 Å². The van der Waals surface area contributed by atoms with Crippen LogP contribution in [-0.4, -0.2) is 29.4 Å². The highest BCUT2D eigenvalue weighted by molar-refractivity contribution is 7.90. The van der Waals surface area contributed by atoms with Crippen LogP contribution < -0.4 is 4.74 Å². The van der Waals surface area contributed by atoms with Crippen molar-refractivity contribution < 1.29 is 18.1 Å². The second kappa shape index (κ2) is 6.17. The first-order chi connectivity index (χ1) is 11.8. The van der Waals surface area contributed by atoms with Crippen LogP contribution in [0.1, 0.15) is 0 Å². The van der Waals surface area contributed by atoms with E-state index in [0.717, 1.165) is 10.3 Å². The SMILES string of the molecule is COc1cc(Cl)c(S(=O)(=O)n2cnc3cc([N+](=O)[O-])ccc32)cc1Cl. The number of aromatic nitrogens is 2. The van der Waals surface area contributed by atoms with Gasteiger partial charge in [0.05, 0.1) is 33.1 Å². The lowest BCUT2D eigenvalue weighted by atomic mass is 10.3. The normalized spacial score (nSPS) is 11.6. The molecule has 11 heteroatoms. The summed E-state index contributed by atoms with van der Waals surface area (Å²) in [4.78, 5) is 13.9. The summed E-state index contributed by atoms with van der Waals surface area (Å²) in [5, 5.41) is 10.8.